The summed E-state index contributed by atoms with van der Waals surface area (Å²) in [5, 5.41) is 2.78. The summed E-state index contributed by atoms with van der Waals surface area (Å²) < 4.78 is 0. The summed E-state index contributed by atoms with van der Waals surface area (Å²) in [6.07, 6.45) is 4.04. The van der Waals surface area contributed by atoms with Crippen LogP contribution in [0.4, 0.5) is 0 Å². The number of piperidine rings is 1. The third kappa shape index (κ3) is 5.49. The zero-order valence-corrected chi connectivity index (χ0v) is 10.5. The van der Waals surface area contributed by atoms with Gasteiger partial charge in [0.15, 0.2) is 0 Å². The summed E-state index contributed by atoms with van der Waals surface area (Å²) in [5.74, 6) is 0.638. The fraction of sp³-hybridized carbons (Fsp3) is 0.727. The third-order valence-electron chi connectivity index (χ3n) is 2.75. The molecule has 1 fully saturated rings. The molecule has 16 heavy (non-hydrogen) atoms. The first-order valence-electron chi connectivity index (χ1n) is 5.56. The number of nitrogens with one attached hydrogen (secondary N) is 1. The second-order valence-electron chi connectivity index (χ2n) is 4.07. The van der Waals surface area contributed by atoms with Crippen LogP contribution in [-0.2, 0) is 4.79 Å². The van der Waals surface area contributed by atoms with Gasteiger partial charge in [-0.1, -0.05) is 6.08 Å². The number of carbonyl (C=O) groups excluding carboxylic acids is 1. The topological polar surface area (TPSA) is 58.4 Å². The van der Waals surface area contributed by atoms with E-state index in [-0.39, 0.29) is 18.3 Å². The maximum Gasteiger partial charge on any atom is 0.234 e. The molecule has 0 aromatic rings. The van der Waals surface area contributed by atoms with Crippen molar-refractivity contribution in [3.8, 4) is 0 Å². The van der Waals surface area contributed by atoms with E-state index in [9.17, 15) is 4.79 Å². The molecule has 0 spiro atoms. The van der Waals surface area contributed by atoms with Crippen LogP contribution in [0.3, 0.4) is 0 Å². The monoisotopic (exact) mass is 247 g/mol. The highest BCUT2D eigenvalue weighted by atomic mass is 35.5. The molecule has 3 N–H and O–H groups in total. The van der Waals surface area contributed by atoms with Crippen LogP contribution in [0.2, 0.25) is 0 Å². The number of amides is 1. The summed E-state index contributed by atoms with van der Waals surface area (Å²) >= 11 is 0. The number of hydrogen-bond donors (Lipinski definition) is 2. The van der Waals surface area contributed by atoms with Gasteiger partial charge in [0.25, 0.3) is 0 Å². The first kappa shape index (κ1) is 15.4. The highest BCUT2D eigenvalue weighted by Crippen LogP contribution is 2.14. The zero-order chi connectivity index (χ0) is 11.1. The smallest absolute Gasteiger partial charge is 0.234 e. The second kappa shape index (κ2) is 8.56. The molecule has 1 amide bonds. The minimum Gasteiger partial charge on any atom is -0.352 e. The van der Waals surface area contributed by atoms with E-state index in [1.165, 1.54) is 6.42 Å². The fourth-order valence-electron chi connectivity index (χ4n) is 1.93. The molecule has 0 saturated carbocycles. The van der Waals surface area contributed by atoms with Crippen molar-refractivity contribution in [2.45, 2.75) is 12.8 Å². The maximum atomic E-state index is 11.4. The lowest BCUT2D eigenvalue weighted by atomic mass is 9.98. The molecule has 4 nitrogen and oxygen atoms in total. The average molecular weight is 248 g/mol. The van der Waals surface area contributed by atoms with Crippen molar-refractivity contribution in [2.75, 3.05) is 32.7 Å². The van der Waals surface area contributed by atoms with Gasteiger partial charge in [-0.05, 0) is 31.8 Å². The summed E-state index contributed by atoms with van der Waals surface area (Å²) in [6.45, 7) is 7.29. The van der Waals surface area contributed by atoms with Crippen molar-refractivity contribution in [3.63, 3.8) is 0 Å². The van der Waals surface area contributed by atoms with Gasteiger partial charge in [-0.3, -0.25) is 9.69 Å². The molecule has 0 radical (unpaired) electrons. The van der Waals surface area contributed by atoms with E-state index in [4.69, 9.17) is 5.73 Å². The summed E-state index contributed by atoms with van der Waals surface area (Å²) in [6, 6.07) is 0. The van der Waals surface area contributed by atoms with E-state index in [1.807, 2.05) is 0 Å². The molecule has 1 saturated heterocycles. The van der Waals surface area contributed by atoms with Crippen LogP contribution >= 0.6 is 12.4 Å². The Morgan fingerprint density at radius 1 is 1.62 bits per heavy atom. The molecule has 0 aliphatic carbocycles. The van der Waals surface area contributed by atoms with Gasteiger partial charge in [-0.15, -0.1) is 19.0 Å². The zero-order valence-electron chi connectivity index (χ0n) is 9.65. The Bertz CT molecular complexity index is 223. The molecule has 0 aromatic heterocycles. The Hall–Kier alpha value is -0.580. The minimum atomic E-state index is 0. The number of likely N-dealkylation sites (tertiary alicyclic amines) is 1. The number of halogens is 1. The molecule has 1 atom stereocenters. The van der Waals surface area contributed by atoms with Gasteiger partial charge in [-0.2, -0.15) is 0 Å². The van der Waals surface area contributed by atoms with Crippen molar-refractivity contribution in [1.29, 1.82) is 0 Å². The van der Waals surface area contributed by atoms with E-state index >= 15 is 0 Å². The average Bonchev–Trinajstić information content (AvgIpc) is 2.26. The molecule has 1 heterocycles. The van der Waals surface area contributed by atoms with Gasteiger partial charge in [0.1, 0.15) is 0 Å². The van der Waals surface area contributed by atoms with Crippen molar-refractivity contribution in [2.24, 2.45) is 11.7 Å². The number of carbonyl (C=O) groups is 1. The highest BCUT2D eigenvalue weighted by molar-refractivity contribution is 5.85. The Labute approximate surface area is 104 Å². The normalized spacial score (nSPS) is 20.9. The van der Waals surface area contributed by atoms with Crippen LogP contribution in [0.5, 0.6) is 0 Å². The first-order valence-corrected chi connectivity index (χ1v) is 5.56. The van der Waals surface area contributed by atoms with Crippen LogP contribution < -0.4 is 11.1 Å². The van der Waals surface area contributed by atoms with Gasteiger partial charge in [0.2, 0.25) is 5.91 Å². The third-order valence-corrected chi connectivity index (χ3v) is 2.75. The lowest BCUT2D eigenvalue weighted by molar-refractivity contribution is -0.122. The van der Waals surface area contributed by atoms with Crippen LogP contribution in [-0.4, -0.2) is 43.5 Å². The molecule has 1 aliphatic heterocycles. The quantitative estimate of drug-likeness (QED) is 0.691. The molecule has 0 aromatic carbocycles. The molecule has 94 valence electrons. The van der Waals surface area contributed by atoms with Crippen molar-refractivity contribution in [3.05, 3.63) is 12.7 Å². The summed E-state index contributed by atoms with van der Waals surface area (Å²) in [7, 11) is 0. The van der Waals surface area contributed by atoms with E-state index in [1.54, 1.807) is 6.08 Å². The Morgan fingerprint density at radius 3 is 3.00 bits per heavy atom. The molecule has 5 heteroatoms. The van der Waals surface area contributed by atoms with Crippen LogP contribution in [0.1, 0.15) is 12.8 Å². The number of nitrogens with zero attached hydrogens (tertiary/aromatic N) is 1. The predicted molar refractivity (Wildman–Crippen MR) is 68.7 cm³/mol. The van der Waals surface area contributed by atoms with E-state index < -0.39 is 0 Å². The molecule has 1 rings (SSSR count). The molecular formula is C11H22ClN3O. The van der Waals surface area contributed by atoms with E-state index in [0.29, 0.717) is 19.0 Å². The predicted octanol–water partition coefficient (Wildman–Crippen LogP) is 0.381. The molecular weight excluding hydrogens is 226 g/mol. The van der Waals surface area contributed by atoms with Gasteiger partial charge in [-0.25, -0.2) is 0 Å². The second-order valence-corrected chi connectivity index (χ2v) is 4.07. The number of nitrogens with two attached hydrogens (primary N) is 1. The Kier molecular flexibility index (Phi) is 8.25. The van der Waals surface area contributed by atoms with Crippen molar-refractivity contribution in [1.82, 2.24) is 10.2 Å². The van der Waals surface area contributed by atoms with Crippen LogP contribution in [0.25, 0.3) is 0 Å². The highest BCUT2D eigenvalue weighted by Gasteiger charge is 2.19. The van der Waals surface area contributed by atoms with E-state index in [0.717, 1.165) is 26.1 Å². The van der Waals surface area contributed by atoms with Crippen LogP contribution in [0.15, 0.2) is 12.7 Å². The summed E-state index contributed by atoms with van der Waals surface area (Å²) in [4.78, 5) is 13.6. The van der Waals surface area contributed by atoms with Gasteiger partial charge in [0, 0.05) is 13.1 Å². The maximum absolute atomic E-state index is 11.4. The fourth-order valence-corrected chi connectivity index (χ4v) is 1.93. The van der Waals surface area contributed by atoms with Gasteiger partial charge < -0.3 is 11.1 Å². The van der Waals surface area contributed by atoms with Crippen molar-refractivity contribution >= 4 is 18.3 Å². The lowest BCUT2D eigenvalue weighted by Crippen LogP contribution is -2.44. The molecule has 1 unspecified atom stereocenters. The van der Waals surface area contributed by atoms with Gasteiger partial charge >= 0.3 is 0 Å². The Balaban J connectivity index is 0.00000225. The number of hydrogen-bond acceptors (Lipinski definition) is 3. The molecule has 1 aliphatic rings. The Morgan fingerprint density at radius 2 is 2.38 bits per heavy atom. The first-order chi connectivity index (χ1) is 7.26. The van der Waals surface area contributed by atoms with Crippen LogP contribution in [0, 0.1) is 5.92 Å². The number of rotatable bonds is 5. The SMILES string of the molecule is C=CCNC(=O)CN1CCCC(CN)C1.Cl. The largest absolute Gasteiger partial charge is 0.352 e. The molecule has 0 bridgehead atoms. The standard InChI is InChI=1S/C11H21N3O.ClH/c1-2-5-13-11(15)9-14-6-3-4-10(7-12)8-14;/h2,10H,1,3-9,12H2,(H,13,15);1H. The minimum absolute atomic E-state index is 0. The lowest BCUT2D eigenvalue weighted by Gasteiger charge is -2.31. The van der Waals surface area contributed by atoms with E-state index in [2.05, 4.69) is 16.8 Å². The van der Waals surface area contributed by atoms with Gasteiger partial charge in [0.05, 0.1) is 6.54 Å². The van der Waals surface area contributed by atoms with Crippen molar-refractivity contribution < 1.29 is 4.79 Å². The summed E-state index contributed by atoms with van der Waals surface area (Å²) in [5.41, 5.74) is 5.64.